The molecule has 5 heteroatoms. The summed E-state index contributed by atoms with van der Waals surface area (Å²) < 4.78 is 4.57. The quantitative estimate of drug-likeness (QED) is 0.774. The van der Waals surface area contributed by atoms with E-state index in [2.05, 4.69) is 4.74 Å². The van der Waals surface area contributed by atoms with Crippen LogP contribution in [0.15, 0.2) is 30.3 Å². The van der Waals surface area contributed by atoms with Crippen LogP contribution in [0.2, 0.25) is 0 Å². The highest BCUT2D eigenvalue weighted by Crippen LogP contribution is 2.06. The molecule has 0 heterocycles. The van der Waals surface area contributed by atoms with Crippen LogP contribution in [0.3, 0.4) is 0 Å². The Hall–Kier alpha value is -1.88. The van der Waals surface area contributed by atoms with Crippen LogP contribution in [-0.4, -0.2) is 36.5 Å². The van der Waals surface area contributed by atoms with Crippen molar-refractivity contribution in [1.82, 2.24) is 4.90 Å². The summed E-state index contributed by atoms with van der Waals surface area (Å²) in [5.41, 5.74) is 6.50. The highest BCUT2D eigenvalue weighted by molar-refractivity contribution is 5.85. The Kier molecular flexibility index (Phi) is 5.32. The summed E-state index contributed by atoms with van der Waals surface area (Å²) in [7, 11) is 1.29. The zero-order valence-electron chi connectivity index (χ0n) is 10.6. The van der Waals surface area contributed by atoms with Crippen molar-refractivity contribution in [3.05, 3.63) is 35.9 Å². The van der Waals surface area contributed by atoms with Crippen molar-refractivity contribution in [1.29, 1.82) is 0 Å². The predicted octanol–water partition coefficient (Wildman–Crippen LogP) is 0.535. The van der Waals surface area contributed by atoms with Gasteiger partial charge in [0.1, 0.15) is 6.54 Å². The number of nitrogens with two attached hydrogens (primary N) is 1. The minimum atomic E-state index is -0.640. The fraction of sp³-hybridized carbons (Fsp3) is 0.385. The normalized spacial score (nSPS) is 11.7. The van der Waals surface area contributed by atoms with Crippen molar-refractivity contribution in [2.75, 3.05) is 13.7 Å². The second-order valence-corrected chi connectivity index (χ2v) is 4.04. The molecule has 0 aliphatic carbocycles. The molecule has 0 aromatic heterocycles. The molecule has 1 unspecified atom stereocenters. The number of rotatable bonds is 5. The van der Waals surface area contributed by atoms with Gasteiger partial charge in [0.05, 0.1) is 13.2 Å². The van der Waals surface area contributed by atoms with E-state index < -0.39 is 12.0 Å². The zero-order chi connectivity index (χ0) is 13.5. The Morgan fingerprint density at radius 3 is 2.44 bits per heavy atom. The summed E-state index contributed by atoms with van der Waals surface area (Å²) in [6, 6.07) is 8.78. The number of carbonyl (C=O) groups excluding carboxylic acids is 2. The zero-order valence-corrected chi connectivity index (χ0v) is 10.6. The number of methoxy groups -OCH3 is 1. The molecule has 0 aliphatic rings. The average molecular weight is 250 g/mol. The number of esters is 1. The first-order valence-electron chi connectivity index (χ1n) is 5.69. The molecule has 18 heavy (non-hydrogen) atoms. The molecule has 0 bridgehead atoms. The van der Waals surface area contributed by atoms with Crippen LogP contribution in [0.5, 0.6) is 0 Å². The molecule has 1 aromatic rings. The number of amides is 1. The molecule has 1 aromatic carbocycles. The predicted molar refractivity (Wildman–Crippen MR) is 67.5 cm³/mol. The average Bonchev–Trinajstić information content (AvgIpc) is 2.38. The maximum Gasteiger partial charge on any atom is 0.325 e. The lowest BCUT2D eigenvalue weighted by molar-refractivity contribution is -0.147. The Bertz CT molecular complexity index is 404. The summed E-state index contributed by atoms with van der Waals surface area (Å²) in [4.78, 5) is 24.6. The second kappa shape index (κ2) is 6.76. The van der Waals surface area contributed by atoms with Crippen LogP contribution in [0.25, 0.3) is 0 Å². The number of hydrogen-bond donors (Lipinski definition) is 1. The molecule has 2 N–H and O–H groups in total. The van der Waals surface area contributed by atoms with Crippen LogP contribution in [0.4, 0.5) is 0 Å². The minimum Gasteiger partial charge on any atom is -0.468 e. The van der Waals surface area contributed by atoms with Gasteiger partial charge in [0, 0.05) is 6.54 Å². The number of ether oxygens (including phenoxy) is 1. The molecule has 0 spiro atoms. The number of hydrogen-bond acceptors (Lipinski definition) is 4. The van der Waals surface area contributed by atoms with Crippen molar-refractivity contribution in [2.24, 2.45) is 5.73 Å². The van der Waals surface area contributed by atoms with Gasteiger partial charge in [-0.3, -0.25) is 9.59 Å². The lowest BCUT2D eigenvalue weighted by Crippen LogP contribution is -2.44. The second-order valence-electron chi connectivity index (χ2n) is 4.04. The third-order valence-corrected chi connectivity index (χ3v) is 2.47. The lowest BCUT2D eigenvalue weighted by Gasteiger charge is -2.23. The highest BCUT2D eigenvalue weighted by atomic mass is 16.5. The van der Waals surface area contributed by atoms with Gasteiger partial charge < -0.3 is 15.4 Å². The molecule has 0 saturated heterocycles. The highest BCUT2D eigenvalue weighted by Gasteiger charge is 2.20. The van der Waals surface area contributed by atoms with E-state index in [4.69, 9.17) is 5.73 Å². The van der Waals surface area contributed by atoms with Gasteiger partial charge in [0.2, 0.25) is 5.91 Å². The Labute approximate surface area is 107 Å². The molecule has 1 rings (SSSR count). The molecule has 0 aliphatic heterocycles. The van der Waals surface area contributed by atoms with Gasteiger partial charge in [-0.15, -0.1) is 0 Å². The summed E-state index contributed by atoms with van der Waals surface area (Å²) >= 11 is 0. The van der Waals surface area contributed by atoms with E-state index in [9.17, 15) is 9.59 Å². The van der Waals surface area contributed by atoms with E-state index in [-0.39, 0.29) is 12.5 Å². The van der Waals surface area contributed by atoms with Crippen LogP contribution in [0, 0.1) is 0 Å². The Morgan fingerprint density at radius 1 is 1.33 bits per heavy atom. The van der Waals surface area contributed by atoms with Gasteiger partial charge >= 0.3 is 5.97 Å². The Balaban J connectivity index is 2.77. The number of carbonyl (C=O) groups is 2. The minimum absolute atomic E-state index is 0.0915. The molecule has 98 valence electrons. The molecule has 1 amide bonds. The van der Waals surface area contributed by atoms with Gasteiger partial charge in [0.25, 0.3) is 0 Å². The van der Waals surface area contributed by atoms with Gasteiger partial charge in [0.15, 0.2) is 0 Å². The maximum atomic E-state index is 11.9. The first-order chi connectivity index (χ1) is 8.54. The number of benzene rings is 1. The fourth-order valence-electron chi connectivity index (χ4n) is 1.52. The van der Waals surface area contributed by atoms with Crippen LogP contribution in [-0.2, 0) is 20.9 Å². The van der Waals surface area contributed by atoms with Crippen LogP contribution >= 0.6 is 0 Å². The Morgan fingerprint density at radius 2 is 1.94 bits per heavy atom. The lowest BCUT2D eigenvalue weighted by atomic mass is 10.2. The van der Waals surface area contributed by atoms with E-state index >= 15 is 0 Å². The molecule has 0 saturated carbocycles. The van der Waals surface area contributed by atoms with Crippen molar-refractivity contribution in [2.45, 2.75) is 19.5 Å². The molecule has 1 atom stereocenters. The first kappa shape index (κ1) is 14.2. The van der Waals surface area contributed by atoms with Crippen molar-refractivity contribution in [3.63, 3.8) is 0 Å². The van der Waals surface area contributed by atoms with E-state index in [1.807, 2.05) is 30.3 Å². The third kappa shape index (κ3) is 4.18. The molecule has 0 fully saturated rings. The molecular formula is C13H18N2O3. The van der Waals surface area contributed by atoms with E-state index in [1.165, 1.54) is 12.0 Å². The maximum absolute atomic E-state index is 11.9. The monoisotopic (exact) mass is 250 g/mol. The van der Waals surface area contributed by atoms with Crippen LogP contribution < -0.4 is 5.73 Å². The molecule has 0 radical (unpaired) electrons. The molecule has 5 nitrogen and oxygen atoms in total. The van der Waals surface area contributed by atoms with Crippen molar-refractivity contribution < 1.29 is 14.3 Å². The van der Waals surface area contributed by atoms with Gasteiger partial charge in [-0.05, 0) is 12.5 Å². The summed E-state index contributed by atoms with van der Waals surface area (Å²) in [5, 5.41) is 0. The largest absolute Gasteiger partial charge is 0.468 e. The van der Waals surface area contributed by atoms with Gasteiger partial charge in [-0.2, -0.15) is 0 Å². The standard InChI is InChI=1S/C13H18N2O3/c1-10(14)13(17)15(9-12(16)18-2)8-11-6-4-3-5-7-11/h3-7,10H,8-9,14H2,1-2H3. The number of nitrogens with zero attached hydrogens (tertiary/aromatic N) is 1. The van der Waals surface area contributed by atoms with Crippen LogP contribution in [0.1, 0.15) is 12.5 Å². The summed E-state index contributed by atoms with van der Waals surface area (Å²) in [5.74, 6) is -0.732. The molecular weight excluding hydrogens is 232 g/mol. The topological polar surface area (TPSA) is 72.6 Å². The van der Waals surface area contributed by atoms with Gasteiger partial charge in [-0.25, -0.2) is 0 Å². The van der Waals surface area contributed by atoms with Gasteiger partial charge in [-0.1, -0.05) is 30.3 Å². The van der Waals surface area contributed by atoms with E-state index in [1.54, 1.807) is 6.92 Å². The SMILES string of the molecule is COC(=O)CN(Cc1ccccc1)C(=O)C(C)N. The van der Waals surface area contributed by atoms with E-state index in [0.717, 1.165) is 5.56 Å². The van der Waals surface area contributed by atoms with E-state index in [0.29, 0.717) is 6.54 Å². The smallest absolute Gasteiger partial charge is 0.325 e. The summed E-state index contributed by atoms with van der Waals surface area (Å²) in [6.45, 7) is 1.85. The summed E-state index contributed by atoms with van der Waals surface area (Å²) in [6.07, 6.45) is 0. The fourth-order valence-corrected chi connectivity index (χ4v) is 1.52. The first-order valence-corrected chi connectivity index (χ1v) is 5.69. The van der Waals surface area contributed by atoms with Crippen molar-refractivity contribution >= 4 is 11.9 Å². The van der Waals surface area contributed by atoms with Crippen molar-refractivity contribution in [3.8, 4) is 0 Å². The third-order valence-electron chi connectivity index (χ3n) is 2.47.